The number of aromatic nitrogens is 1. The molecule has 1 unspecified atom stereocenters. The molecule has 1 heterocycles. The highest BCUT2D eigenvalue weighted by Gasteiger charge is 2.30. The number of esters is 2. The molecule has 0 bridgehead atoms. The van der Waals surface area contributed by atoms with Gasteiger partial charge in [0.1, 0.15) is 41.9 Å². The first-order chi connectivity index (χ1) is 16.0. The molecule has 184 valence electrons. The number of carbonyl (C=O) groups is 3. The number of nitrogens with one attached hydrogen (secondary N) is 1. The molecule has 2 atom stereocenters. The zero-order valence-corrected chi connectivity index (χ0v) is 19.7. The summed E-state index contributed by atoms with van der Waals surface area (Å²) in [6.45, 7) is 9.50. The van der Waals surface area contributed by atoms with E-state index in [1.165, 1.54) is 6.08 Å². The monoisotopic (exact) mass is 474 g/mol. The summed E-state index contributed by atoms with van der Waals surface area (Å²) >= 11 is 0. The van der Waals surface area contributed by atoms with Gasteiger partial charge in [-0.15, -0.1) is 0 Å². The molecular weight excluding hydrogens is 444 g/mol. The van der Waals surface area contributed by atoms with Crippen molar-refractivity contribution in [3.05, 3.63) is 54.3 Å². The highest BCUT2D eigenvalue weighted by molar-refractivity contribution is 5.97. The Kier molecular flexibility index (Phi) is 9.37. The summed E-state index contributed by atoms with van der Waals surface area (Å²) in [6, 6.07) is 7.78. The van der Waals surface area contributed by atoms with Gasteiger partial charge in [-0.05, 0) is 27.7 Å². The first-order valence-corrected chi connectivity index (χ1v) is 10.6. The number of benzene rings is 1. The van der Waals surface area contributed by atoms with Crippen molar-refractivity contribution in [2.45, 2.75) is 51.9 Å². The van der Waals surface area contributed by atoms with Crippen LogP contribution in [0.1, 0.15) is 43.3 Å². The van der Waals surface area contributed by atoms with Crippen LogP contribution in [-0.4, -0.2) is 59.3 Å². The Morgan fingerprint density at radius 3 is 2.50 bits per heavy atom. The second-order valence-electron chi connectivity index (χ2n) is 8.42. The Morgan fingerprint density at radius 1 is 1.21 bits per heavy atom. The topological polar surface area (TPSA) is 137 Å². The number of ether oxygens (including phenoxy) is 3. The smallest absolute Gasteiger partial charge is 0.407 e. The summed E-state index contributed by atoms with van der Waals surface area (Å²) in [5.74, 6) is -1.19. The Balaban J connectivity index is 2.10. The molecule has 0 fully saturated rings. The second kappa shape index (κ2) is 12.0. The number of alkyl carbamates (subject to hydrolysis) is 1. The van der Waals surface area contributed by atoms with Crippen molar-refractivity contribution in [3.63, 3.8) is 0 Å². The van der Waals surface area contributed by atoms with Crippen LogP contribution in [0.5, 0.6) is 0 Å². The van der Waals surface area contributed by atoms with E-state index in [1.54, 1.807) is 52.0 Å². The van der Waals surface area contributed by atoms with Gasteiger partial charge in [0.15, 0.2) is 0 Å². The Bertz CT molecular complexity index is 994. The van der Waals surface area contributed by atoms with E-state index in [9.17, 15) is 19.5 Å². The SMILES string of the molecule is C=CCOC(=O)N[C@@H](CC(=O)OC(C)(C)C)C(O)COC(=O)c1c(-c2ccccc2)noc1C. The van der Waals surface area contributed by atoms with Gasteiger partial charge in [0.05, 0.1) is 12.5 Å². The van der Waals surface area contributed by atoms with Crippen molar-refractivity contribution in [2.24, 2.45) is 0 Å². The summed E-state index contributed by atoms with van der Waals surface area (Å²) in [7, 11) is 0. The fourth-order valence-electron chi connectivity index (χ4n) is 2.93. The third-order valence-corrected chi connectivity index (χ3v) is 4.41. The molecule has 34 heavy (non-hydrogen) atoms. The van der Waals surface area contributed by atoms with E-state index in [0.29, 0.717) is 11.3 Å². The predicted octanol–water partition coefficient (Wildman–Crippen LogP) is 3.18. The molecule has 10 heteroatoms. The van der Waals surface area contributed by atoms with Crippen LogP contribution in [-0.2, 0) is 19.0 Å². The van der Waals surface area contributed by atoms with Crippen LogP contribution in [0.2, 0.25) is 0 Å². The summed E-state index contributed by atoms with van der Waals surface area (Å²) in [5, 5.41) is 16.9. The minimum absolute atomic E-state index is 0.0644. The molecule has 0 aliphatic rings. The summed E-state index contributed by atoms with van der Waals surface area (Å²) in [5.41, 5.74) is 0.304. The molecular formula is C24H30N2O8. The van der Waals surface area contributed by atoms with E-state index in [4.69, 9.17) is 18.7 Å². The Morgan fingerprint density at radius 2 is 1.88 bits per heavy atom. The molecule has 1 amide bonds. The first kappa shape index (κ1) is 26.6. The molecule has 0 aliphatic heterocycles. The van der Waals surface area contributed by atoms with E-state index >= 15 is 0 Å². The van der Waals surface area contributed by atoms with Crippen LogP contribution in [0, 0.1) is 6.92 Å². The fourth-order valence-corrected chi connectivity index (χ4v) is 2.93. The number of hydrogen-bond donors (Lipinski definition) is 2. The molecule has 2 aromatic rings. The number of amides is 1. The normalized spacial score (nSPS) is 12.9. The maximum atomic E-state index is 12.8. The van der Waals surface area contributed by atoms with E-state index in [-0.39, 0.29) is 24.4 Å². The van der Waals surface area contributed by atoms with Crippen molar-refractivity contribution in [3.8, 4) is 11.3 Å². The van der Waals surface area contributed by atoms with Crippen LogP contribution in [0.25, 0.3) is 11.3 Å². The minimum atomic E-state index is -1.44. The number of rotatable bonds is 10. The zero-order valence-electron chi connectivity index (χ0n) is 19.7. The molecule has 2 N–H and O–H groups in total. The Hall–Kier alpha value is -3.66. The van der Waals surface area contributed by atoms with Crippen LogP contribution in [0.3, 0.4) is 0 Å². The van der Waals surface area contributed by atoms with Crippen molar-refractivity contribution in [2.75, 3.05) is 13.2 Å². The summed E-state index contributed by atoms with van der Waals surface area (Å²) < 4.78 is 20.5. The maximum Gasteiger partial charge on any atom is 0.407 e. The van der Waals surface area contributed by atoms with Gasteiger partial charge in [-0.1, -0.05) is 48.1 Å². The van der Waals surface area contributed by atoms with Gasteiger partial charge in [-0.25, -0.2) is 9.59 Å². The van der Waals surface area contributed by atoms with E-state index in [1.807, 2.05) is 6.07 Å². The number of nitrogens with zero attached hydrogens (tertiary/aromatic N) is 1. The van der Waals surface area contributed by atoms with Gasteiger partial charge in [-0.3, -0.25) is 4.79 Å². The van der Waals surface area contributed by atoms with Crippen LogP contribution >= 0.6 is 0 Å². The van der Waals surface area contributed by atoms with Crippen LogP contribution in [0.15, 0.2) is 47.5 Å². The second-order valence-corrected chi connectivity index (χ2v) is 8.42. The van der Waals surface area contributed by atoms with E-state index in [2.05, 4.69) is 17.1 Å². The molecule has 0 spiro atoms. The van der Waals surface area contributed by atoms with Crippen molar-refractivity contribution >= 4 is 18.0 Å². The van der Waals surface area contributed by atoms with Gasteiger partial charge in [0.2, 0.25) is 0 Å². The number of hydrogen-bond acceptors (Lipinski definition) is 9. The van der Waals surface area contributed by atoms with Gasteiger partial charge >= 0.3 is 18.0 Å². The quantitative estimate of drug-likeness (QED) is 0.302. The number of aliphatic hydroxyl groups is 1. The number of aryl methyl sites for hydroxylation is 1. The molecule has 0 saturated carbocycles. The molecule has 1 aromatic carbocycles. The Labute approximate surface area is 197 Å². The lowest BCUT2D eigenvalue weighted by atomic mass is 10.1. The molecule has 1 aromatic heterocycles. The van der Waals surface area contributed by atoms with Gasteiger partial charge < -0.3 is 29.2 Å². The highest BCUT2D eigenvalue weighted by Crippen LogP contribution is 2.25. The van der Waals surface area contributed by atoms with Gasteiger partial charge in [0, 0.05) is 5.56 Å². The molecule has 0 saturated heterocycles. The van der Waals surface area contributed by atoms with Gasteiger partial charge in [0.25, 0.3) is 0 Å². The zero-order chi connectivity index (χ0) is 25.3. The third-order valence-electron chi connectivity index (χ3n) is 4.41. The van der Waals surface area contributed by atoms with Crippen molar-refractivity contribution in [1.82, 2.24) is 10.5 Å². The van der Waals surface area contributed by atoms with Crippen LogP contribution < -0.4 is 5.32 Å². The molecule has 2 rings (SSSR count). The first-order valence-electron chi connectivity index (χ1n) is 10.6. The van der Waals surface area contributed by atoms with Crippen LogP contribution in [0.4, 0.5) is 4.79 Å². The lowest BCUT2D eigenvalue weighted by Gasteiger charge is -2.25. The lowest BCUT2D eigenvalue weighted by molar-refractivity contribution is -0.156. The van der Waals surface area contributed by atoms with E-state index in [0.717, 1.165) is 0 Å². The average Bonchev–Trinajstić information content (AvgIpc) is 3.16. The third kappa shape index (κ3) is 8.04. The summed E-state index contributed by atoms with van der Waals surface area (Å²) in [6.07, 6.45) is -1.32. The molecule has 10 nitrogen and oxygen atoms in total. The number of aliphatic hydroxyl groups excluding tert-OH is 1. The van der Waals surface area contributed by atoms with E-state index < -0.39 is 42.4 Å². The van der Waals surface area contributed by atoms with Crippen molar-refractivity contribution in [1.29, 1.82) is 0 Å². The predicted molar refractivity (Wildman–Crippen MR) is 122 cm³/mol. The lowest BCUT2D eigenvalue weighted by Crippen LogP contribution is -2.47. The largest absolute Gasteiger partial charge is 0.460 e. The summed E-state index contributed by atoms with van der Waals surface area (Å²) in [4.78, 5) is 37.0. The minimum Gasteiger partial charge on any atom is -0.460 e. The highest BCUT2D eigenvalue weighted by atomic mass is 16.6. The van der Waals surface area contributed by atoms with Crippen molar-refractivity contribution < 1.29 is 38.2 Å². The van der Waals surface area contributed by atoms with Gasteiger partial charge in [-0.2, -0.15) is 0 Å². The number of carbonyl (C=O) groups excluding carboxylic acids is 3. The average molecular weight is 475 g/mol. The maximum absolute atomic E-state index is 12.8. The molecule has 0 aliphatic carbocycles. The fraction of sp³-hybridized carbons (Fsp3) is 0.417. The standard InChI is InChI=1S/C24H30N2O8/c1-6-12-31-23(30)25-17(13-19(28)33-24(3,4)5)18(27)14-32-22(29)20-15(2)34-26-21(20)16-10-8-7-9-11-16/h6-11,17-18,27H,1,12-14H2,2-5H3,(H,25,30)/t17-,18?/m0/s1. The molecule has 0 radical (unpaired) electrons.